The van der Waals surface area contributed by atoms with Crippen LogP contribution in [0.1, 0.15) is 46.5 Å². The quantitative estimate of drug-likeness (QED) is 0.424. The van der Waals surface area contributed by atoms with Crippen molar-refractivity contribution in [3.63, 3.8) is 0 Å². The van der Waals surface area contributed by atoms with E-state index >= 15 is 0 Å². The van der Waals surface area contributed by atoms with Crippen molar-refractivity contribution in [2.75, 3.05) is 52.9 Å². The molecule has 0 amide bonds. The molecule has 2 saturated heterocycles. The van der Waals surface area contributed by atoms with E-state index in [0.717, 1.165) is 37.4 Å². The first kappa shape index (κ1) is 19.5. The zero-order valence-corrected chi connectivity index (χ0v) is 16.4. The maximum absolute atomic E-state index is 4.37. The first-order valence-electron chi connectivity index (χ1n) is 10.0. The molecular weight excluding hydrogens is 298 g/mol. The van der Waals surface area contributed by atoms with Gasteiger partial charge in [0.15, 0.2) is 5.96 Å². The van der Waals surface area contributed by atoms with E-state index in [1.165, 1.54) is 51.9 Å². The Hall–Kier alpha value is -0.810. The first-order chi connectivity index (χ1) is 11.6. The molecule has 0 bridgehead atoms. The van der Waals surface area contributed by atoms with Gasteiger partial charge in [0.05, 0.1) is 0 Å². The Kier molecular flexibility index (Phi) is 8.33. The predicted molar refractivity (Wildman–Crippen MR) is 104 cm³/mol. The highest BCUT2D eigenvalue weighted by Crippen LogP contribution is 2.20. The molecule has 3 unspecified atom stereocenters. The summed E-state index contributed by atoms with van der Waals surface area (Å²) in [4.78, 5) is 9.57. The molecule has 5 nitrogen and oxygen atoms in total. The van der Waals surface area contributed by atoms with Crippen LogP contribution in [0.4, 0.5) is 0 Å². The number of nitrogens with zero attached hydrogens (tertiary/aromatic N) is 3. The number of aliphatic imine (C=N–C) groups is 1. The van der Waals surface area contributed by atoms with Crippen LogP contribution in [0, 0.1) is 11.8 Å². The van der Waals surface area contributed by atoms with E-state index in [1.54, 1.807) is 0 Å². The summed E-state index contributed by atoms with van der Waals surface area (Å²) in [7, 11) is 1.87. The Balaban J connectivity index is 1.60. The first-order valence-corrected chi connectivity index (χ1v) is 10.0. The third-order valence-corrected chi connectivity index (χ3v) is 5.52. The third-order valence-electron chi connectivity index (χ3n) is 5.52. The molecule has 5 heteroatoms. The Labute approximate surface area is 149 Å². The highest BCUT2D eigenvalue weighted by molar-refractivity contribution is 5.79. The zero-order chi connectivity index (χ0) is 17.4. The number of hydrogen-bond donors (Lipinski definition) is 2. The molecule has 2 N–H and O–H groups in total. The minimum absolute atomic E-state index is 0.671. The molecule has 0 radical (unpaired) electrons. The third kappa shape index (κ3) is 6.25. The van der Waals surface area contributed by atoms with Gasteiger partial charge >= 0.3 is 0 Å². The lowest BCUT2D eigenvalue weighted by molar-refractivity contribution is 0.140. The molecule has 2 aliphatic rings. The molecule has 2 rings (SSSR count). The largest absolute Gasteiger partial charge is 0.356 e. The average molecular weight is 338 g/mol. The normalized spacial score (nSPS) is 29.8. The van der Waals surface area contributed by atoms with Gasteiger partial charge in [-0.25, -0.2) is 0 Å². The Morgan fingerprint density at radius 2 is 1.92 bits per heavy atom. The van der Waals surface area contributed by atoms with Gasteiger partial charge < -0.3 is 15.5 Å². The van der Waals surface area contributed by atoms with Crippen molar-refractivity contribution in [1.82, 2.24) is 20.4 Å². The standard InChI is InChI=1S/C19H39N5/c1-5-24-11-6-8-18(24)13-22-19(20-4)21-9-7-10-23-14-16(2)12-17(3)15-23/h16-18H,5-15H2,1-4H3,(H2,20,21,22). The van der Waals surface area contributed by atoms with Crippen LogP contribution in [0.3, 0.4) is 0 Å². The Morgan fingerprint density at radius 1 is 1.17 bits per heavy atom. The molecule has 2 aliphatic heterocycles. The number of likely N-dealkylation sites (tertiary alicyclic amines) is 2. The van der Waals surface area contributed by atoms with E-state index < -0.39 is 0 Å². The summed E-state index contributed by atoms with van der Waals surface area (Å²) in [6, 6.07) is 0.671. The molecule has 0 spiro atoms. The van der Waals surface area contributed by atoms with Crippen molar-refractivity contribution < 1.29 is 0 Å². The second kappa shape index (κ2) is 10.2. The molecule has 0 aromatic rings. The molecule has 2 fully saturated rings. The minimum atomic E-state index is 0.671. The van der Waals surface area contributed by atoms with Crippen LogP contribution in [0.15, 0.2) is 4.99 Å². The van der Waals surface area contributed by atoms with E-state index in [1.807, 2.05) is 7.05 Å². The molecular formula is C19H39N5. The van der Waals surface area contributed by atoms with E-state index in [9.17, 15) is 0 Å². The molecule has 0 aromatic carbocycles. The topological polar surface area (TPSA) is 42.9 Å². The van der Waals surface area contributed by atoms with Crippen molar-refractivity contribution in [3.05, 3.63) is 0 Å². The van der Waals surface area contributed by atoms with Crippen LogP contribution in [0.2, 0.25) is 0 Å². The number of likely N-dealkylation sites (N-methyl/N-ethyl adjacent to an activating group) is 1. The second-order valence-electron chi connectivity index (χ2n) is 7.86. The highest BCUT2D eigenvalue weighted by Gasteiger charge is 2.23. The van der Waals surface area contributed by atoms with E-state index in [4.69, 9.17) is 0 Å². The lowest BCUT2D eigenvalue weighted by Gasteiger charge is -2.35. The lowest BCUT2D eigenvalue weighted by atomic mass is 9.92. The summed E-state index contributed by atoms with van der Waals surface area (Å²) in [6.45, 7) is 15.2. The number of guanidine groups is 1. The van der Waals surface area contributed by atoms with E-state index in [-0.39, 0.29) is 0 Å². The lowest BCUT2D eigenvalue weighted by Crippen LogP contribution is -2.45. The van der Waals surface area contributed by atoms with Crippen molar-refractivity contribution >= 4 is 5.96 Å². The van der Waals surface area contributed by atoms with Crippen LogP contribution < -0.4 is 10.6 Å². The maximum Gasteiger partial charge on any atom is 0.191 e. The van der Waals surface area contributed by atoms with Crippen molar-refractivity contribution in [3.8, 4) is 0 Å². The summed E-state index contributed by atoms with van der Waals surface area (Å²) in [5, 5.41) is 6.99. The van der Waals surface area contributed by atoms with Crippen LogP contribution in [-0.2, 0) is 0 Å². The number of rotatable bonds is 7. The molecule has 24 heavy (non-hydrogen) atoms. The van der Waals surface area contributed by atoms with Gasteiger partial charge in [0, 0.05) is 39.3 Å². The van der Waals surface area contributed by atoms with Gasteiger partial charge in [0.25, 0.3) is 0 Å². The molecule has 0 saturated carbocycles. The predicted octanol–water partition coefficient (Wildman–Crippen LogP) is 2.00. The van der Waals surface area contributed by atoms with Gasteiger partial charge in [-0.2, -0.15) is 0 Å². The highest BCUT2D eigenvalue weighted by atomic mass is 15.2. The zero-order valence-electron chi connectivity index (χ0n) is 16.4. The summed E-state index contributed by atoms with van der Waals surface area (Å²) < 4.78 is 0. The van der Waals surface area contributed by atoms with Gasteiger partial charge in [0.1, 0.15) is 0 Å². The molecule has 2 heterocycles. The Morgan fingerprint density at radius 3 is 2.58 bits per heavy atom. The van der Waals surface area contributed by atoms with Crippen LogP contribution in [0.25, 0.3) is 0 Å². The fourth-order valence-electron chi connectivity index (χ4n) is 4.46. The second-order valence-corrected chi connectivity index (χ2v) is 7.86. The number of nitrogens with one attached hydrogen (secondary N) is 2. The van der Waals surface area contributed by atoms with E-state index in [2.05, 4.69) is 46.2 Å². The van der Waals surface area contributed by atoms with Crippen LogP contribution >= 0.6 is 0 Å². The summed E-state index contributed by atoms with van der Waals surface area (Å²) in [6.07, 6.45) is 5.22. The molecule has 0 aromatic heterocycles. The van der Waals surface area contributed by atoms with Gasteiger partial charge in [-0.15, -0.1) is 0 Å². The maximum atomic E-state index is 4.37. The summed E-state index contributed by atoms with van der Waals surface area (Å²) in [5.74, 6) is 2.66. The van der Waals surface area contributed by atoms with E-state index in [0.29, 0.717) is 6.04 Å². The fourth-order valence-corrected chi connectivity index (χ4v) is 4.46. The van der Waals surface area contributed by atoms with Gasteiger partial charge in [-0.1, -0.05) is 20.8 Å². The van der Waals surface area contributed by atoms with Crippen molar-refractivity contribution in [1.29, 1.82) is 0 Å². The smallest absolute Gasteiger partial charge is 0.191 e. The van der Waals surface area contributed by atoms with Crippen molar-refractivity contribution in [2.45, 2.75) is 52.5 Å². The molecule has 140 valence electrons. The van der Waals surface area contributed by atoms with Gasteiger partial charge in [0.2, 0.25) is 0 Å². The number of piperidine rings is 1. The summed E-state index contributed by atoms with van der Waals surface area (Å²) >= 11 is 0. The van der Waals surface area contributed by atoms with Crippen molar-refractivity contribution in [2.24, 2.45) is 16.8 Å². The Bertz CT molecular complexity index is 374. The molecule has 0 aliphatic carbocycles. The number of hydrogen-bond acceptors (Lipinski definition) is 3. The average Bonchev–Trinajstić information content (AvgIpc) is 3.01. The molecule has 3 atom stereocenters. The minimum Gasteiger partial charge on any atom is -0.356 e. The SMILES string of the molecule is CCN1CCCC1CNC(=NC)NCCCN1CC(C)CC(C)C1. The van der Waals surface area contributed by atoms with Crippen LogP contribution in [-0.4, -0.2) is 74.7 Å². The monoisotopic (exact) mass is 337 g/mol. The fraction of sp³-hybridized carbons (Fsp3) is 0.947. The summed E-state index contributed by atoms with van der Waals surface area (Å²) in [5.41, 5.74) is 0. The van der Waals surface area contributed by atoms with Gasteiger partial charge in [-0.3, -0.25) is 9.89 Å². The van der Waals surface area contributed by atoms with Crippen LogP contribution in [0.5, 0.6) is 0 Å². The van der Waals surface area contributed by atoms with Gasteiger partial charge in [-0.05, 0) is 57.2 Å².